The van der Waals surface area contributed by atoms with Crippen molar-refractivity contribution in [1.29, 1.82) is 0 Å². The van der Waals surface area contributed by atoms with Crippen LogP contribution in [0.1, 0.15) is 155 Å². The first-order valence-corrected chi connectivity index (χ1v) is 23.5. The fourth-order valence-corrected chi connectivity index (χ4v) is 6.96. The lowest BCUT2D eigenvalue weighted by Crippen LogP contribution is -2.60. The third-order valence-electron chi connectivity index (χ3n) is 9.68. The van der Waals surface area contributed by atoms with Gasteiger partial charge in [-0.15, -0.1) is 0 Å². The molecule has 0 aromatic heterocycles. The van der Waals surface area contributed by atoms with Crippen molar-refractivity contribution in [3.8, 4) is 0 Å². The summed E-state index contributed by atoms with van der Waals surface area (Å²) < 4.78 is 54.0. The van der Waals surface area contributed by atoms with Gasteiger partial charge in [0, 0.05) is 12.8 Å². The first-order valence-electron chi connectivity index (χ1n) is 21.9. The molecule has 0 bridgehead atoms. The van der Waals surface area contributed by atoms with E-state index in [-0.39, 0.29) is 19.4 Å². The Morgan fingerprint density at radius 3 is 1.67 bits per heavy atom. The molecule has 0 aromatic rings. The van der Waals surface area contributed by atoms with E-state index in [1.807, 2.05) is 36.5 Å². The van der Waals surface area contributed by atoms with E-state index in [1.54, 1.807) is 0 Å². The maximum Gasteiger partial charge on any atom is 0.306 e. The van der Waals surface area contributed by atoms with Gasteiger partial charge < -0.3 is 34.3 Å². The van der Waals surface area contributed by atoms with Gasteiger partial charge >= 0.3 is 11.9 Å². The molecular formula is C45H76O12S. The molecule has 0 radical (unpaired) electrons. The zero-order chi connectivity index (χ0) is 42.7. The second kappa shape index (κ2) is 35.1. The highest BCUT2D eigenvalue weighted by molar-refractivity contribution is 7.85. The van der Waals surface area contributed by atoms with Crippen molar-refractivity contribution in [2.24, 2.45) is 0 Å². The zero-order valence-electron chi connectivity index (χ0n) is 35.4. The van der Waals surface area contributed by atoms with Crippen molar-refractivity contribution in [2.45, 2.75) is 192 Å². The number of carbonyl (C=O) groups excluding carboxylic acids is 2. The highest BCUT2D eigenvalue weighted by atomic mass is 32.2. The van der Waals surface area contributed by atoms with Gasteiger partial charge in [-0.05, 0) is 57.8 Å². The molecule has 0 amide bonds. The summed E-state index contributed by atoms with van der Waals surface area (Å²) in [6.07, 6.45) is 32.6. The van der Waals surface area contributed by atoms with E-state index in [9.17, 15) is 37.9 Å². The van der Waals surface area contributed by atoms with Crippen LogP contribution in [0.5, 0.6) is 0 Å². The molecule has 1 aliphatic rings. The number of hydrogen-bond acceptors (Lipinski definition) is 11. The first kappa shape index (κ1) is 53.4. The molecule has 0 saturated carbocycles. The van der Waals surface area contributed by atoms with E-state index in [1.165, 1.54) is 51.4 Å². The topological polar surface area (TPSA) is 186 Å². The van der Waals surface area contributed by atoms with Crippen LogP contribution in [0.2, 0.25) is 0 Å². The molecule has 1 fully saturated rings. The molecule has 12 nitrogen and oxygen atoms in total. The van der Waals surface area contributed by atoms with Crippen LogP contribution in [0.15, 0.2) is 60.8 Å². The number of aliphatic hydroxyl groups excluding tert-OH is 3. The summed E-state index contributed by atoms with van der Waals surface area (Å²) in [4.78, 5) is 25.4. The van der Waals surface area contributed by atoms with E-state index in [4.69, 9.17) is 18.9 Å². The monoisotopic (exact) mass is 841 g/mol. The van der Waals surface area contributed by atoms with E-state index in [0.717, 1.165) is 64.2 Å². The summed E-state index contributed by atoms with van der Waals surface area (Å²) in [6.45, 7) is 3.57. The number of rotatable bonds is 35. The second-order valence-corrected chi connectivity index (χ2v) is 16.6. The molecule has 0 aromatic carbocycles. The van der Waals surface area contributed by atoms with Gasteiger partial charge in [0.1, 0.15) is 36.8 Å². The highest BCUT2D eigenvalue weighted by Crippen LogP contribution is 2.24. The van der Waals surface area contributed by atoms with E-state index in [2.05, 4.69) is 38.2 Å². The maximum atomic E-state index is 12.8. The van der Waals surface area contributed by atoms with E-state index >= 15 is 0 Å². The Hall–Kier alpha value is -2.65. The maximum absolute atomic E-state index is 12.8. The molecule has 58 heavy (non-hydrogen) atoms. The fraction of sp³-hybridized carbons (Fsp3) is 0.733. The van der Waals surface area contributed by atoms with Gasteiger partial charge in [0.15, 0.2) is 12.4 Å². The van der Waals surface area contributed by atoms with Crippen LogP contribution in [0.4, 0.5) is 0 Å². The molecule has 13 heteroatoms. The third kappa shape index (κ3) is 29.5. The number of esters is 2. The van der Waals surface area contributed by atoms with Gasteiger partial charge in [0.25, 0.3) is 10.1 Å². The van der Waals surface area contributed by atoms with Crippen molar-refractivity contribution in [1.82, 2.24) is 0 Å². The molecule has 1 heterocycles. The number of carbonyl (C=O) groups is 2. The number of aliphatic hydroxyl groups is 3. The molecule has 1 aliphatic heterocycles. The summed E-state index contributed by atoms with van der Waals surface area (Å²) in [7, 11) is -4.61. The lowest BCUT2D eigenvalue weighted by Gasteiger charge is -2.40. The summed E-state index contributed by atoms with van der Waals surface area (Å²) in [5.74, 6) is -2.03. The van der Waals surface area contributed by atoms with Crippen molar-refractivity contribution in [3.05, 3.63) is 60.8 Å². The molecule has 0 aliphatic carbocycles. The average molecular weight is 841 g/mol. The van der Waals surface area contributed by atoms with Crippen molar-refractivity contribution >= 4 is 22.1 Å². The zero-order valence-corrected chi connectivity index (χ0v) is 36.2. The summed E-state index contributed by atoms with van der Waals surface area (Å²) >= 11 is 0. The Labute approximate surface area is 349 Å². The fourth-order valence-electron chi connectivity index (χ4n) is 6.27. The normalized spacial score (nSPS) is 21.0. The summed E-state index contributed by atoms with van der Waals surface area (Å²) in [6, 6.07) is 0. The minimum absolute atomic E-state index is 0.135. The second-order valence-electron chi connectivity index (χ2n) is 15.1. The largest absolute Gasteiger partial charge is 0.462 e. The molecule has 334 valence electrons. The van der Waals surface area contributed by atoms with Crippen LogP contribution in [0, 0.1) is 0 Å². The van der Waals surface area contributed by atoms with Gasteiger partial charge in [-0.1, -0.05) is 145 Å². The molecule has 1 saturated heterocycles. The van der Waals surface area contributed by atoms with Crippen LogP contribution in [0.3, 0.4) is 0 Å². The summed E-state index contributed by atoms with van der Waals surface area (Å²) in [5.41, 5.74) is 0. The molecular weight excluding hydrogens is 765 g/mol. The predicted octanol–water partition coefficient (Wildman–Crippen LogP) is 8.56. The van der Waals surface area contributed by atoms with Gasteiger partial charge in [-0.3, -0.25) is 14.1 Å². The van der Waals surface area contributed by atoms with Gasteiger partial charge in [-0.2, -0.15) is 8.42 Å². The standard InChI is InChI=1S/C45H76O12S/c1-3-5-7-9-11-13-15-17-19-21-23-25-27-29-31-33-40(46)54-35-38(36-55-45-44(50)43(49)42(48)39(57-45)37-58(51,52)53)56-41(47)34-32-30-28-26-24-22-20-18-16-14-12-10-8-6-4-2/h6,8,10,12-16,18,20,38-39,42-45,48-50H,3-5,7,9,11,17,19,21-37H2,1-2H3,(H,51,52,53)/b8-6+,12-10+,15-13+,16-14+,20-18+/t38-,39-,42-,43?,44?,45+/m1/s1. The van der Waals surface area contributed by atoms with Crippen molar-refractivity contribution in [2.75, 3.05) is 19.0 Å². The van der Waals surface area contributed by atoms with Gasteiger partial charge in [0.2, 0.25) is 0 Å². The minimum atomic E-state index is -4.61. The lowest BCUT2D eigenvalue weighted by atomic mass is 10.00. The predicted molar refractivity (Wildman–Crippen MR) is 229 cm³/mol. The SMILES string of the molecule is CC/C=C/C=C/C=C/C=C/CCCCCCCC(=O)O[C@H](COC(=O)CCCCCCCCC/C=C/CCCCCC)CO[C@H]1O[C@H](CS(=O)(=O)O)[C@@H](O)C(O)C1O. The number of unbranched alkanes of at least 4 members (excludes halogenated alkanes) is 16. The van der Waals surface area contributed by atoms with E-state index < -0.39 is 71.2 Å². The Morgan fingerprint density at radius 1 is 0.603 bits per heavy atom. The third-order valence-corrected chi connectivity index (χ3v) is 10.4. The van der Waals surface area contributed by atoms with Gasteiger partial charge in [0.05, 0.1) is 6.61 Å². The van der Waals surface area contributed by atoms with Crippen molar-refractivity contribution < 1.29 is 56.8 Å². The average Bonchev–Trinajstić information content (AvgIpc) is 3.18. The highest BCUT2D eigenvalue weighted by Gasteiger charge is 2.46. The first-order chi connectivity index (χ1) is 28.0. The number of allylic oxidation sites excluding steroid dienone is 10. The number of hydrogen-bond donors (Lipinski definition) is 4. The van der Waals surface area contributed by atoms with Crippen LogP contribution < -0.4 is 0 Å². The Balaban J connectivity index is 2.49. The smallest absolute Gasteiger partial charge is 0.306 e. The summed E-state index contributed by atoms with van der Waals surface area (Å²) in [5, 5.41) is 30.8. The van der Waals surface area contributed by atoms with Crippen LogP contribution in [0.25, 0.3) is 0 Å². The van der Waals surface area contributed by atoms with E-state index in [0.29, 0.717) is 12.8 Å². The molecule has 4 N–H and O–H groups in total. The van der Waals surface area contributed by atoms with Crippen LogP contribution in [-0.4, -0.2) is 96.0 Å². The molecule has 6 atom stereocenters. The van der Waals surface area contributed by atoms with Crippen LogP contribution in [-0.2, 0) is 38.7 Å². The Kier molecular flexibility index (Phi) is 32.3. The Morgan fingerprint density at radius 2 is 1.10 bits per heavy atom. The molecule has 2 unspecified atom stereocenters. The van der Waals surface area contributed by atoms with Gasteiger partial charge in [-0.25, -0.2) is 0 Å². The Bertz CT molecular complexity index is 1310. The molecule has 0 spiro atoms. The number of ether oxygens (including phenoxy) is 4. The van der Waals surface area contributed by atoms with Crippen LogP contribution >= 0.6 is 0 Å². The quantitative estimate of drug-likeness (QED) is 0.0157. The lowest BCUT2D eigenvalue weighted by molar-refractivity contribution is -0.297. The van der Waals surface area contributed by atoms with Crippen molar-refractivity contribution in [3.63, 3.8) is 0 Å². The minimum Gasteiger partial charge on any atom is -0.462 e. The molecule has 1 rings (SSSR count).